The van der Waals surface area contributed by atoms with Crippen LogP contribution in [0, 0.1) is 24.2 Å². The first-order valence-electron chi connectivity index (χ1n) is 26.2. The number of carbonyl (C=O) groups is 5. The molecule has 422 valence electrons. The third kappa shape index (κ3) is 16.7. The molecule has 2 fully saturated rings. The van der Waals surface area contributed by atoms with Crippen LogP contribution < -0.4 is 21.7 Å². The topological polar surface area (TPSA) is 268 Å². The molecule has 1 aliphatic carbocycles. The third-order valence-electron chi connectivity index (χ3n) is 13.8. The number of carbonyl (C=O) groups excluding carboxylic acids is 5. The fraction of sp³-hybridized carbons (Fsp3) is 0.537. The molecule has 4 aromatic heterocycles. The second-order valence-corrected chi connectivity index (χ2v) is 21.5. The Balaban J connectivity index is 0.735. The number of β-amino-alcohol motifs (C(OH)–C–C–N with tert-alkyl or cyclic N) is 1. The Hall–Kier alpha value is -6.60. The number of aliphatic hydroxyl groups is 1. The lowest BCUT2D eigenvalue weighted by Crippen LogP contribution is -2.49. The molecule has 0 bridgehead atoms. The van der Waals surface area contributed by atoms with E-state index >= 15 is 0 Å². The summed E-state index contributed by atoms with van der Waals surface area (Å²) in [7, 11) is 0. The van der Waals surface area contributed by atoms with Gasteiger partial charge in [-0.3, -0.25) is 28.7 Å². The number of hydrogen-bond acceptors (Lipinski definition) is 16. The lowest BCUT2D eigenvalue weighted by molar-refractivity contribution is -0.145. The number of aromatic nitrogens is 5. The second kappa shape index (κ2) is 27.3. The van der Waals surface area contributed by atoms with E-state index in [9.17, 15) is 42.3 Å². The van der Waals surface area contributed by atoms with Gasteiger partial charge in [0.15, 0.2) is 11.4 Å². The number of alkyl halides is 3. The van der Waals surface area contributed by atoms with E-state index in [1.165, 1.54) is 24.5 Å². The van der Waals surface area contributed by atoms with E-state index in [-0.39, 0.29) is 88.2 Å². The summed E-state index contributed by atoms with van der Waals surface area (Å²) in [6, 6.07) is 9.79. The standard InChI is InChI=1S/C54H69F3N10O10S/c1-33-47(78-32-62-33)36-11-9-34(10-12-36)27-60-50(72)43-26-39(68)28-66(43)52(73)40(53(2,3)4)7-5-19-74-21-23-76-24-22-75-20-6-8-44(69)35-13-15-38(16-14-35)67-29-41(46(65-67)48(58)70)63-49(71)42-30-77-51(64-42)37-17-18-59-45(25-37)61-31-54(55,56)57/h9-12,17-18,25,29-30,32,35,38-40,43,68H,5-8,13-16,19-24,26-28,31H2,1-4H3,(H2,58,70)(H,59,61)(H,60,72)(H,63,71)/t35?,38?,39-,40-,43+/m1/s1. The van der Waals surface area contributed by atoms with Gasteiger partial charge in [0.2, 0.25) is 17.7 Å². The van der Waals surface area contributed by atoms with Gasteiger partial charge in [-0.15, -0.1) is 11.3 Å². The molecule has 1 aliphatic heterocycles. The lowest BCUT2D eigenvalue weighted by Gasteiger charge is -2.35. The molecule has 20 nitrogen and oxygen atoms in total. The van der Waals surface area contributed by atoms with Gasteiger partial charge in [0.05, 0.1) is 60.3 Å². The van der Waals surface area contributed by atoms with E-state index in [1.807, 2.05) is 57.5 Å². The van der Waals surface area contributed by atoms with Crippen LogP contribution in [0.15, 0.2) is 65.0 Å². The Morgan fingerprint density at radius 3 is 2.27 bits per heavy atom. The minimum Gasteiger partial charge on any atom is -0.444 e. The molecule has 0 radical (unpaired) electrons. The van der Waals surface area contributed by atoms with Crippen LogP contribution >= 0.6 is 11.3 Å². The van der Waals surface area contributed by atoms with Gasteiger partial charge in [0, 0.05) is 68.9 Å². The predicted octanol–water partition coefficient (Wildman–Crippen LogP) is 7.54. The van der Waals surface area contributed by atoms with E-state index in [2.05, 4.69) is 36.0 Å². The number of nitrogens with two attached hydrogens (primary N) is 1. The molecule has 24 heteroatoms. The van der Waals surface area contributed by atoms with Crippen molar-refractivity contribution in [3.8, 4) is 21.9 Å². The van der Waals surface area contributed by atoms with Crippen molar-refractivity contribution in [3.63, 3.8) is 0 Å². The number of amides is 4. The molecule has 78 heavy (non-hydrogen) atoms. The Morgan fingerprint density at radius 1 is 0.923 bits per heavy atom. The van der Waals surface area contributed by atoms with E-state index in [1.54, 1.807) is 20.9 Å². The van der Waals surface area contributed by atoms with Gasteiger partial charge in [0.25, 0.3) is 11.8 Å². The average Bonchev–Trinajstić information content (AvgIpc) is 4.27. The van der Waals surface area contributed by atoms with Crippen LogP contribution in [0.2, 0.25) is 0 Å². The summed E-state index contributed by atoms with van der Waals surface area (Å²) in [5.41, 5.74) is 9.99. The van der Waals surface area contributed by atoms with Crippen molar-refractivity contribution in [2.24, 2.45) is 23.0 Å². The molecule has 1 aromatic carbocycles. The lowest BCUT2D eigenvalue weighted by atomic mass is 9.77. The van der Waals surface area contributed by atoms with Crippen molar-refractivity contribution in [3.05, 3.63) is 83.2 Å². The van der Waals surface area contributed by atoms with Gasteiger partial charge in [-0.2, -0.15) is 18.3 Å². The molecule has 5 aromatic rings. The van der Waals surface area contributed by atoms with Crippen LogP contribution in [-0.4, -0.2) is 135 Å². The summed E-state index contributed by atoms with van der Waals surface area (Å²) in [6.45, 7) is 9.40. The first-order chi connectivity index (χ1) is 37.2. The minimum atomic E-state index is -4.45. The number of aliphatic hydroxyl groups excluding tert-OH is 1. The fourth-order valence-corrected chi connectivity index (χ4v) is 10.5. The number of primary amides is 1. The summed E-state index contributed by atoms with van der Waals surface area (Å²) in [5.74, 6) is -2.51. The molecule has 0 unspecified atom stereocenters. The van der Waals surface area contributed by atoms with E-state index in [0.29, 0.717) is 97.6 Å². The zero-order valence-electron chi connectivity index (χ0n) is 44.3. The third-order valence-corrected chi connectivity index (χ3v) is 14.8. The zero-order chi connectivity index (χ0) is 56.0. The quantitative estimate of drug-likeness (QED) is 0.0318. The van der Waals surface area contributed by atoms with E-state index in [4.69, 9.17) is 24.4 Å². The number of rotatable bonds is 27. The Morgan fingerprint density at radius 2 is 1.62 bits per heavy atom. The van der Waals surface area contributed by atoms with Crippen LogP contribution in [0.4, 0.5) is 24.7 Å². The summed E-state index contributed by atoms with van der Waals surface area (Å²) >= 11 is 1.58. The van der Waals surface area contributed by atoms with Crippen LogP contribution in [-0.2, 0) is 35.1 Å². The predicted molar refractivity (Wildman–Crippen MR) is 283 cm³/mol. The molecular weight excluding hydrogens is 1040 g/mol. The Bertz CT molecular complexity index is 2810. The molecule has 2 aliphatic rings. The molecule has 5 heterocycles. The van der Waals surface area contributed by atoms with Crippen LogP contribution in [0.25, 0.3) is 21.9 Å². The number of nitrogens with one attached hydrogen (secondary N) is 3. The SMILES string of the molecule is Cc1ncsc1-c1ccc(CNC(=O)[C@@H]2C[C@@H](O)CN2C(=O)[C@@H](CCCOCCOCCOCCCC(=O)C2CCC(n3cc(NC(=O)c4coc(-c5ccnc(NCC(F)(F)F)c5)n4)c(C(N)=O)n3)CC2)C(C)(C)C)cc1. The van der Waals surface area contributed by atoms with Gasteiger partial charge < -0.3 is 50.3 Å². The highest BCUT2D eigenvalue weighted by molar-refractivity contribution is 7.13. The molecule has 4 amide bonds. The summed E-state index contributed by atoms with van der Waals surface area (Å²) in [4.78, 5) is 81.0. The number of thiazole rings is 1. The number of ether oxygens (including phenoxy) is 3. The highest BCUT2D eigenvalue weighted by Gasteiger charge is 2.43. The average molecular weight is 1110 g/mol. The van der Waals surface area contributed by atoms with Gasteiger partial charge in [0.1, 0.15) is 30.5 Å². The number of anilines is 2. The number of pyridine rings is 1. The minimum absolute atomic E-state index is 0.0442. The van der Waals surface area contributed by atoms with Gasteiger partial charge >= 0.3 is 6.18 Å². The van der Waals surface area contributed by atoms with Crippen LogP contribution in [0.1, 0.15) is 117 Å². The molecule has 1 saturated heterocycles. The molecule has 7 rings (SSSR count). The number of benzene rings is 1. The van der Waals surface area contributed by atoms with E-state index < -0.39 is 36.7 Å². The number of oxazole rings is 1. The van der Waals surface area contributed by atoms with Crippen molar-refractivity contribution in [2.75, 3.05) is 63.4 Å². The van der Waals surface area contributed by atoms with Crippen molar-refractivity contribution in [1.82, 2.24) is 34.9 Å². The maximum Gasteiger partial charge on any atom is 0.405 e. The Labute approximate surface area is 454 Å². The Kier molecular flexibility index (Phi) is 20.7. The monoisotopic (exact) mass is 1110 g/mol. The molecule has 0 spiro atoms. The van der Waals surface area contributed by atoms with Gasteiger partial charge in [-0.05, 0) is 80.5 Å². The van der Waals surface area contributed by atoms with Crippen molar-refractivity contribution in [1.29, 1.82) is 0 Å². The number of likely N-dealkylation sites (tertiary alicyclic amines) is 1. The maximum atomic E-state index is 14.0. The van der Waals surface area contributed by atoms with Crippen molar-refractivity contribution >= 4 is 52.3 Å². The van der Waals surface area contributed by atoms with E-state index in [0.717, 1.165) is 28.0 Å². The second-order valence-electron chi connectivity index (χ2n) is 20.7. The first kappa shape index (κ1) is 59.1. The number of nitrogens with zero attached hydrogens (tertiary/aromatic N) is 6. The number of Topliss-reactive ketones (excluding diaryl/α,β-unsaturated/α-hetero) is 1. The summed E-state index contributed by atoms with van der Waals surface area (Å²) < 4.78 is 62.2. The number of hydrogen-bond donors (Lipinski definition) is 5. The van der Waals surface area contributed by atoms with Crippen molar-refractivity contribution in [2.45, 2.75) is 116 Å². The van der Waals surface area contributed by atoms with Gasteiger partial charge in [-0.25, -0.2) is 15.0 Å². The number of ketones is 1. The molecular formula is C54H69F3N10O10S. The summed E-state index contributed by atoms with van der Waals surface area (Å²) in [6.07, 6.45) is 3.35. The number of halogens is 3. The summed E-state index contributed by atoms with van der Waals surface area (Å²) in [5, 5.41) is 22.7. The highest BCUT2D eigenvalue weighted by atomic mass is 32.1. The van der Waals surface area contributed by atoms with Crippen molar-refractivity contribution < 1.29 is 60.9 Å². The first-order valence-corrected chi connectivity index (χ1v) is 27.1. The van der Waals surface area contributed by atoms with Crippen LogP contribution in [0.3, 0.4) is 0 Å². The maximum absolute atomic E-state index is 14.0. The smallest absolute Gasteiger partial charge is 0.405 e. The normalized spacial score (nSPS) is 18.2. The fourth-order valence-electron chi connectivity index (χ4n) is 9.64. The number of aryl methyl sites for hydroxylation is 1. The highest BCUT2D eigenvalue weighted by Crippen LogP contribution is 2.36. The molecule has 6 N–H and O–H groups in total. The van der Waals surface area contributed by atoms with Crippen LogP contribution in [0.5, 0.6) is 0 Å². The van der Waals surface area contributed by atoms with Gasteiger partial charge in [-0.1, -0.05) is 45.0 Å². The molecule has 3 atom stereocenters. The zero-order valence-corrected chi connectivity index (χ0v) is 45.1. The molecule has 1 saturated carbocycles. The largest absolute Gasteiger partial charge is 0.444 e.